The Kier molecular flexibility index (Phi) is 12.4. The number of ether oxygens (including phenoxy) is 2. The molecule has 7 heteroatoms. The maximum Gasteiger partial charge on any atom is 0.312 e. The van der Waals surface area contributed by atoms with E-state index in [2.05, 4.69) is 32.6 Å². The molecule has 0 spiro atoms. The molecule has 1 aliphatic rings. The third-order valence-electron chi connectivity index (χ3n) is 7.20. The van der Waals surface area contributed by atoms with Gasteiger partial charge in [0.05, 0.1) is 24.4 Å². The first kappa shape index (κ1) is 28.1. The molecule has 0 aromatic heterocycles. The number of rotatable bonds is 12. The number of hydrogen-bond acceptors (Lipinski definition) is 5. The lowest BCUT2D eigenvalue weighted by Gasteiger charge is -2.38. The largest absolute Gasteiger partial charge is 1.00 e. The first-order chi connectivity index (χ1) is 13.2. The molecule has 1 aliphatic carbocycles. The standard InChI is InChI=1S/C22H42N2O4.ClH/c1-8-23(9-2)14-16-27-19(25)18-12-13-22(7,21(18,5)6)20(26)28-17-15-24(10-3)11-4;/h18H,8-17H2,1-7H3;1H. The molecule has 1 N–H and O–H groups in total. The van der Waals surface area contributed by atoms with Crippen molar-refractivity contribution in [3.05, 3.63) is 0 Å². The fourth-order valence-corrected chi connectivity index (χ4v) is 4.24. The van der Waals surface area contributed by atoms with Crippen molar-refractivity contribution in [2.75, 3.05) is 52.5 Å². The van der Waals surface area contributed by atoms with Crippen LogP contribution in [0.15, 0.2) is 0 Å². The molecule has 6 nitrogen and oxygen atoms in total. The summed E-state index contributed by atoms with van der Waals surface area (Å²) in [6.07, 6.45) is 1.33. The van der Waals surface area contributed by atoms with Gasteiger partial charge in [-0.15, -0.1) is 0 Å². The number of nitrogens with one attached hydrogen (secondary N) is 1. The summed E-state index contributed by atoms with van der Waals surface area (Å²) in [6.45, 7) is 20.8. The van der Waals surface area contributed by atoms with Gasteiger partial charge in [0.1, 0.15) is 19.8 Å². The predicted octanol–water partition coefficient (Wildman–Crippen LogP) is -1.21. The molecule has 0 radical (unpaired) electrons. The summed E-state index contributed by atoms with van der Waals surface area (Å²) in [4.78, 5) is 29.3. The van der Waals surface area contributed by atoms with E-state index >= 15 is 0 Å². The van der Waals surface area contributed by atoms with Gasteiger partial charge in [-0.3, -0.25) is 9.59 Å². The highest BCUT2D eigenvalue weighted by molar-refractivity contribution is 5.82. The molecule has 0 aromatic carbocycles. The number of esters is 2. The monoisotopic (exact) mass is 434 g/mol. The average molecular weight is 435 g/mol. The Hall–Kier alpha value is -0.850. The molecular formula is C22H43ClN2O4. The fourth-order valence-electron chi connectivity index (χ4n) is 4.24. The van der Waals surface area contributed by atoms with E-state index in [0.717, 1.165) is 39.3 Å². The molecule has 2 unspecified atom stereocenters. The molecule has 0 amide bonds. The van der Waals surface area contributed by atoms with Gasteiger partial charge in [-0.1, -0.05) is 27.7 Å². The van der Waals surface area contributed by atoms with Crippen molar-refractivity contribution in [2.45, 2.75) is 61.3 Å². The summed E-state index contributed by atoms with van der Waals surface area (Å²) in [5.41, 5.74) is -1.15. The molecule has 1 fully saturated rings. The second-order valence-corrected chi connectivity index (χ2v) is 8.68. The molecule has 0 saturated heterocycles. The predicted molar refractivity (Wildman–Crippen MR) is 111 cm³/mol. The van der Waals surface area contributed by atoms with Crippen LogP contribution in [0, 0.1) is 16.7 Å². The molecule has 172 valence electrons. The van der Waals surface area contributed by atoms with E-state index in [1.165, 1.54) is 4.90 Å². The molecule has 29 heavy (non-hydrogen) atoms. The minimum atomic E-state index is -0.659. The van der Waals surface area contributed by atoms with E-state index < -0.39 is 10.8 Å². The second kappa shape index (κ2) is 12.8. The Bertz CT molecular complexity index is 507. The summed E-state index contributed by atoms with van der Waals surface area (Å²) in [5, 5.41) is 0. The molecule has 1 saturated carbocycles. The van der Waals surface area contributed by atoms with Gasteiger partial charge in [-0.2, -0.15) is 0 Å². The summed E-state index contributed by atoms with van der Waals surface area (Å²) in [7, 11) is 0. The zero-order valence-corrected chi connectivity index (χ0v) is 20.4. The Morgan fingerprint density at radius 3 is 2.10 bits per heavy atom. The highest BCUT2D eigenvalue weighted by atomic mass is 35.5. The van der Waals surface area contributed by atoms with Crippen LogP contribution in [-0.2, 0) is 19.1 Å². The molecular weight excluding hydrogens is 392 g/mol. The Morgan fingerprint density at radius 2 is 1.59 bits per heavy atom. The van der Waals surface area contributed by atoms with Crippen LogP contribution in [0.5, 0.6) is 0 Å². The molecule has 1 rings (SSSR count). The zero-order chi connectivity index (χ0) is 21.4. The van der Waals surface area contributed by atoms with Crippen molar-refractivity contribution in [3.8, 4) is 0 Å². The zero-order valence-electron chi connectivity index (χ0n) is 19.6. The van der Waals surface area contributed by atoms with Gasteiger partial charge in [-0.05, 0) is 52.1 Å². The van der Waals surface area contributed by atoms with E-state index in [1.807, 2.05) is 20.8 Å². The average Bonchev–Trinajstić information content (AvgIpc) is 2.92. The molecule has 2 atom stereocenters. The smallest absolute Gasteiger partial charge is 0.312 e. The van der Waals surface area contributed by atoms with Crippen molar-refractivity contribution < 1.29 is 36.4 Å². The number of quaternary nitrogens is 1. The quantitative estimate of drug-likeness (QED) is 0.390. The minimum absolute atomic E-state index is 0. The molecule has 0 aromatic rings. The van der Waals surface area contributed by atoms with E-state index in [1.54, 1.807) is 0 Å². The summed E-state index contributed by atoms with van der Waals surface area (Å²) in [5.74, 6) is -0.626. The highest BCUT2D eigenvalue weighted by Gasteiger charge is 2.59. The Morgan fingerprint density at radius 1 is 1.00 bits per heavy atom. The van der Waals surface area contributed by atoms with Gasteiger partial charge in [0.25, 0.3) is 0 Å². The highest BCUT2D eigenvalue weighted by Crippen LogP contribution is 2.56. The van der Waals surface area contributed by atoms with Crippen molar-refractivity contribution in [2.24, 2.45) is 16.7 Å². The SMILES string of the molecule is CCN(CC)CCOC(=O)C1CCC(C)(C(=O)OCC[NH+](CC)CC)C1(C)C.[Cl-]. The van der Waals surface area contributed by atoms with Gasteiger partial charge < -0.3 is 31.7 Å². The Balaban J connectivity index is 0.00000784. The maximum atomic E-state index is 12.9. The van der Waals surface area contributed by atoms with Gasteiger partial charge >= 0.3 is 11.9 Å². The third-order valence-corrected chi connectivity index (χ3v) is 7.20. The topological polar surface area (TPSA) is 60.3 Å². The van der Waals surface area contributed by atoms with Gasteiger partial charge in [-0.25, -0.2) is 0 Å². The number of hydrogen-bond donors (Lipinski definition) is 1. The Labute approximate surface area is 184 Å². The maximum absolute atomic E-state index is 12.9. The van der Waals surface area contributed by atoms with Crippen LogP contribution in [0.3, 0.4) is 0 Å². The van der Waals surface area contributed by atoms with E-state index in [0.29, 0.717) is 26.1 Å². The molecule has 0 bridgehead atoms. The van der Waals surface area contributed by atoms with Crippen molar-refractivity contribution in [3.63, 3.8) is 0 Å². The second-order valence-electron chi connectivity index (χ2n) is 8.68. The lowest BCUT2D eigenvalue weighted by Crippen LogP contribution is -3.11. The fraction of sp³-hybridized carbons (Fsp3) is 0.909. The van der Waals surface area contributed by atoms with E-state index in [-0.39, 0.29) is 30.3 Å². The van der Waals surface area contributed by atoms with Crippen LogP contribution >= 0.6 is 0 Å². The molecule has 0 heterocycles. The van der Waals surface area contributed by atoms with Gasteiger partial charge in [0.15, 0.2) is 0 Å². The van der Waals surface area contributed by atoms with Crippen LogP contribution in [-0.4, -0.2) is 69.3 Å². The van der Waals surface area contributed by atoms with Crippen LogP contribution in [0.25, 0.3) is 0 Å². The summed E-state index contributed by atoms with van der Waals surface area (Å²) < 4.78 is 11.2. The number of likely N-dealkylation sites (N-methyl/N-ethyl adjacent to an activating group) is 2. The summed E-state index contributed by atoms with van der Waals surface area (Å²) >= 11 is 0. The van der Waals surface area contributed by atoms with Gasteiger partial charge in [0, 0.05) is 6.54 Å². The van der Waals surface area contributed by atoms with E-state index in [9.17, 15) is 9.59 Å². The minimum Gasteiger partial charge on any atom is -1.00 e. The third kappa shape index (κ3) is 6.83. The number of carbonyl (C=O) groups is 2. The molecule has 0 aliphatic heterocycles. The first-order valence-electron chi connectivity index (χ1n) is 11.1. The van der Waals surface area contributed by atoms with Crippen LogP contribution in [0.2, 0.25) is 0 Å². The normalized spacial score (nSPS) is 23.1. The number of nitrogens with zero attached hydrogens (tertiary/aromatic N) is 1. The lowest BCUT2D eigenvalue weighted by molar-refractivity contribution is -0.896. The van der Waals surface area contributed by atoms with Gasteiger partial charge in [0.2, 0.25) is 0 Å². The lowest BCUT2D eigenvalue weighted by atomic mass is 9.65. The van der Waals surface area contributed by atoms with Crippen molar-refractivity contribution in [1.82, 2.24) is 4.90 Å². The number of carbonyl (C=O) groups excluding carboxylic acids is 2. The van der Waals surface area contributed by atoms with Crippen LogP contribution in [0.1, 0.15) is 61.3 Å². The van der Waals surface area contributed by atoms with Crippen LogP contribution in [0.4, 0.5) is 0 Å². The van der Waals surface area contributed by atoms with Crippen molar-refractivity contribution in [1.29, 1.82) is 0 Å². The van der Waals surface area contributed by atoms with E-state index in [4.69, 9.17) is 9.47 Å². The van der Waals surface area contributed by atoms with Crippen molar-refractivity contribution >= 4 is 11.9 Å². The summed E-state index contributed by atoms with van der Waals surface area (Å²) in [6, 6.07) is 0. The first-order valence-corrected chi connectivity index (χ1v) is 11.1. The number of halogens is 1. The van der Waals surface area contributed by atoms with Crippen LogP contribution < -0.4 is 17.3 Å².